The van der Waals surface area contributed by atoms with Gasteiger partial charge in [0.05, 0.1) is 0 Å². The summed E-state index contributed by atoms with van der Waals surface area (Å²) in [5, 5.41) is 5.85. The molecule has 2 amide bonds. The minimum absolute atomic E-state index is 0.313. The Labute approximate surface area is 148 Å². The molecule has 0 aromatic heterocycles. The molecule has 0 bridgehead atoms. The fourth-order valence-corrected chi connectivity index (χ4v) is 3.07. The predicted octanol–water partition coefficient (Wildman–Crippen LogP) is 2.83. The first-order valence-corrected chi connectivity index (χ1v) is 8.91. The minimum Gasteiger partial charge on any atom is -0.348 e. The molecule has 1 aromatic rings. The average Bonchev–Trinajstić information content (AvgIpc) is 2.57. The molecule has 1 aliphatic rings. The summed E-state index contributed by atoms with van der Waals surface area (Å²) >= 11 is 5.92. The van der Waals surface area contributed by atoms with E-state index in [-0.39, 0.29) is 0 Å². The van der Waals surface area contributed by atoms with Crippen molar-refractivity contribution >= 4 is 29.1 Å². The minimum atomic E-state index is -0.662. The SMILES string of the molecule is Cc1ccc(Cl)cc1NC(=O)C(=O)NCC(C)CN1CCCCC1. The van der Waals surface area contributed by atoms with Crippen LogP contribution in [0.25, 0.3) is 0 Å². The Morgan fingerprint density at radius 2 is 1.92 bits per heavy atom. The molecule has 2 rings (SSSR count). The zero-order chi connectivity index (χ0) is 17.5. The molecule has 0 spiro atoms. The van der Waals surface area contributed by atoms with E-state index in [2.05, 4.69) is 22.5 Å². The van der Waals surface area contributed by atoms with Crippen molar-refractivity contribution in [2.75, 3.05) is 31.5 Å². The standard InChI is InChI=1S/C18H26ClN3O2/c1-13(12-22-8-4-3-5-9-22)11-20-17(23)18(24)21-16-10-15(19)7-6-14(16)2/h6-7,10,13H,3-5,8-9,11-12H2,1-2H3,(H,20,23)(H,21,24). The third-order valence-electron chi connectivity index (χ3n) is 4.28. The van der Waals surface area contributed by atoms with Crippen molar-refractivity contribution in [3.8, 4) is 0 Å². The summed E-state index contributed by atoms with van der Waals surface area (Å²) in [5.74, 6) is -0.960. The van der Waals surface area contributed by atoms with E-state index in [1.807, 2.05) is 6.92 Å². The monoisotopic (exact) mass is 351 g/mol. The van der Waals surface area contributed by atoms with E-state index in [0.717, 1.165) is 25.2 Å². The van der Waals surface area contributed by atoms with E-state index >= 15 is 0 Å². The number of nitrogens with zero attached hydrogens (tertiary/aromatic N) is 1. The number of hydrogen-bond acceptors (Lipinski definition) is 3. The molecule has 24 heavy (non-hydrogen) atoms. The van der Waals surface area contributed by atoms with Crippen molar-refractivity contribution < 1.29 is 9.59 Å². The van der Waals surface area contributed by atoms with Crippen LogP contribution in [0.1, 0.15) is 31.7 Å². The van der Waals surface area contributed by atoms with Crippen LogP contribution in [0.4, 0.5) is 5.69 Å². The predicted molar refractivity (Wildman–Crippen MR) is 97.3 cm³/mol. The van der Waals surface area contributed by atoms with Crippen molar-refractivity contribution in [1.82, 2.24) is 10.2 Å². The Hall–Kier alpha value is -1.59. The van der Waals surface area contributed by atoms with Gasteiger partial charge in [-0.3, -0.25) is 9.59 Å². The Balaban J connectivity index is 1.76. The first-order chi connectivity index (χ1) is 11.5. The maximum absolute atomic E-state index is 12.0. The molecule has 132 valence electrons. The third-order valence-corrected chi connectivity index (χ3v) is 4.52. The number of amides is 2. The Kier molecular flexibility index (Phi) is 7.06. The van der Waals surface area contributed by atoms with Crippen molar-refractivity contribution in [2.24, 2.45) is 5.92 Å². The van der Waals surface area contributed by atoms with Gasteiger partial charge in [0, 0.05) is 23.8 Å². The number of anilines is 1. The van der Waals surface area contributed by atoms with Gasteiger partial charge in [-0.25, -0.2) is 0 Å². The molecule has 2 N–H and O–H groups in total. The molecule has 5 nitrogen and oxygen atoms in total. The molecule has 1 aromatic carbocycles. The second kappa shape index (κ2) is 9.04. The first kappa shape index (κ1) is 18.7. The molecule has 6 heteroatoms. The number of rotatable bonds is 5. The molecule has 0 saturated carbocycles. The van der Waals surface area contributed by atoms with Crippen LogP contribution in [0.5, 0.6) is 0 Å². The van der Waals surface area contributed by atoms with Gasteiger partial charge in [0.2, 0.25) is 0 Å². The van der Waals surface area contributed by atoms with E-state index in [1.165, 1.54) is 19.3 Å². The van der Waals surface area contributed by atoms with Crippen LogP contribution in [0, 0.1) is 12.8 Å². The number of piperidine rings is 1. The second-order valence-corrected chi connectivity index (χ2v) is 7.03. The summed E-state index contributed by atoms with van der Waals surface area (Å²) in [6.45, 7) is 7.66. The van der Waals surface area contributed by atoms with Gasteiger partial charge in [0.1, 0.15) is 0 Å². The zero-order valence-electron chi connectivity index (χ0n) is 14.4. The zero-order valence-corrected chi connectivity index (χ0v) is 15.2. The fourth-order valence-electron chi connectivity index (χ4n) is 2.90. The van der Waals surface area contributed by atoms with Gasteiger partial charge in [0.25, 0.3) is 0 Å². The molecular formula is C18H26ClN3O2. The van der Waals surface area contributed by atoms with Crippen molar-refractivity contribution in [3.63, 3.8) is 0 Å². The van der Waals surface area contributed by atoms with Crippen LogP contribution in [0.2, 0.25) is 5.02 Å². The number of nitrogens with one attached hydrogen (secondary N) is 2. The number of hydrogen-bond donors (Lipinski definition) is 2. The van der Waals surface area contributed by atoms with Crippen molar-refractivity contribution in [2.45, 2.75) is 33.1 Å². The maximum Gasteiger partial charge on any atom is 0.313 e. The normalized spacial score (nSPS) is 16.5. The third kappa shape index (κ3) is 5.80. The number of aryl methyl sites for hydroxylation is 1. The van der Waals surface area contributed by atoms with Crippen LogP contribution in [0.15, 0.2) is 18.2 Å². The molecule has 1 unspecified atom stereocenters. The molecule has 1 heterocycles. The van der Waals surface area contributed by atoms with Gasteiger partial charge in [-0.15, -0.1) is 0 Å². The molecular weight excluding hydrogens is 326 g/mol. The van der Waals surface area contributed by atoms with Crippen molar-refractivity contribution in [3.05, 3.63) is 28.8 Å². The number of benzene rings is 1. The average molecular weight is 352 g/mol. The Morgan fingerprint density at radius 1 is 1.21 bits per heavy atom. The van der Waals surface area contributed by atoms with Gasteiger partial charge >= 0.3 is 11.8 Å². The fraction of sp³-hybridized carbons (Fsp3) is 0.556. The Morgan fingerprint density at radius 3 is 2.62 bits per heavy atom. The highest BCUT2D eigenvalue weighted by molar-refractivity contribution is 6.40. The van der Waals surface area contributed by atoms with Gasteiger partial charge in [0.15, 0.2) is 0 Å². The number of carbonyl (C=O) groups excluding carboxylic acids is 2. The van der Waals surface area contributed by atoms with Crippen LogP contribution in [-0.2, 0) is 9.59 Å². The summed E-state index contributed by atoms with van der Waals surface area (Å²) in [6, 6.07) is 5.19. The molecule has 1 fully saturated rings. The van der Waals surface area contributed by atoms with E-state index in [9.17, 15) is 9.59 Å². The maximum atomic E-state index is 12.0. The quantitative estimate of drug-likeness (QED) is 0.802. The smallest absolute Gasteiger partial charge is 0.313 e. The summed E-state index contributed by atoms with van der Waals surface area (Å²) in [5.41, 5.74) is 1.42. The van der Waals surface area contributed by atoms with Gasteiger partial charge < -0.3 is 15.5 Å². The molecule has 0 radical (unpaired) electrons. The van der Waals surface area contributed by atoms with E-state index in [1.54, 1.807) is 18.2 Å². The topological polar surface area (TPSA) is 61.4 Å². The number of halogens is 1. The van der Waals surface area contributed by atoms with Crippen LogP contribution in [0.3, 0.4) is 0 Å². The van der Waals surface area contributed by atoms with Gasteiger partial charge in [-0.1, -0.05) is 31.0 Å². The van der Waals surface area contributed by atoms with E-state index in [4.69, 9.17) is 11.6 Å². The highest BCUT2D eigenvalue weighted by Crippen LogP contribution is 2.20. The summed E-state index contributed by atoms with van der Waals surface area (Å²) in [4.78, 5) is 26.4. The highest BCUT2D eigenvalue weighted by atomic mass is 35.5. The lowest BCUT2D eigenvalue weighted by Crippen LogP contribution is -2.41. The summed E-state index contributed by atoms with van der Waals surface area (Å²) in [6.07, 6.45) is 3.81. The molecule has 1 aliphatic heterocycles. The summed E-state index contributed by atoms with van der Waals surface area (Å²) in [7, 11) is 0. The molecule has 1 atom stereocenters. The van der Waals surface area contributed by atoms with Crippen molar-refractivity contribution in [1.29, 1.82) is 0 Å². The lowest BCUT2D eigenvalue weighted by Gasteiger charge is -2.29. The van der Waals surface area contributed by atoms with Gasteiger partial charge in [-0.2, -0.15) is 0 Å². The summed E-state index contributed by atoms with van der Waals surface area (Å²) < 4.78 is 0. The second-order valence-electron chi connectivity index (χ2n) is 6.59. The molecule has 1 saturated heterocycles. The van der Waals surface area contributed by atoms with E-state index in [0.29, 0.717) is 23.2 Å². The van der Waals surface area contributed by atoms with E-state index < -0.39 is 11.8 Å². The number of carbonyl (C=O) groups is 2. The first-order valence-electron chi connectivity index (χ1n) is 8.53. The van der Waals surface area contributed by atoms with Crippen LogP contribution < -0.4 is 10.6 Å². The largest absolute Gasteiger partial charge is 0.348 e. The lowest BCUT2D eigenvalue weighted by molar-refractivity contribution is -0.136. The highest BCUT2D eigenvalue weighted by Gasteiger charge is 2.17. The lowest BCUT2D eigenvalue weighted by atomic mass is 10.1. The Bertz CT molecular complexity index is 586. The van der Waals surface area contributed by atoms with Crippen LogP contribution in [-0.4, -0.2) is 42.9 Å². The molecule has 0 aliphatic carbocycles. The van der Waals surface area contributed by atoms with Gasteiger partial charge in [-0.05, 0) is 56.5 Å². The van der Waals surface area contributed by atoms with Crippen LogP contribution >= 0.6 is 11.6 Å². The number of likely N-dealkylation sites (tertiary alicyclic amines) is 1.